The molecular formula is C41H34N6O2S2. The number of hydrogen-bond acceptors (Lipinski definition) is 5. The smallest absolute Gasteiger partial charge is 0.265 e. The molecule has 0 spiro atoms. The van der Waals surface area contributed by atoms with Crippen LogP contribution in [0.25, 0.3) is 22.7 Å². The van der Waals surface area contributed by atoms with E-state index in [1.54, 1.807) is 15.3 Å². The third-order valence-electron chi connectivity index (χ3n) is 9.51. The van der Waals surface area contributed by atoms with Gasteiger partial charge in [-0.1, -0.05) is 70.8 Å². The minimum atomic E-state index is -0.820. The maximum Gasteiger partial charge on any atom is 0.265 e. The number of benzene rings is 4. The molecule has 0 fully saturated rings. The van der Waals surface area contributed by atoms with Crippen molar-refractivity contribution in [1.29, 1.82) is 0 Å². The van der Waals surface area contributed by atoms with Crippen LogP contribution in [0.15, 0.2) is 125 Å². The second-order valence-electron chi connectivity index (χ2n) is 13.1. The van der Waals surface area contributed by atoms with E-state index >= 15 is 9.59 Å². The number of aryl methyl sites for hydroxylation is 4. The molecule has 0 saturated carbocycles. The number of fused-ring (bicyclic) bond motifs is 2. The van der Waals surface area contributed by atoms with Crippen LogP contribution < -0.4 is 16.4 Å². The van der Waals surface area contributed by atoms with E-state index in [9.17, 15) is 0 Å². The number of aromatic nitrogens is 5. The van der Waals surface area contributed by atoms with Crippen LogP contribution in [0.5, 0.6) is 0 Å². The summed E-state index contributed by atoms with van der Waals surface area (Å²) < 4.78 is 7.45. The molecular weight excluding hydrogens is 673 g/mol. The highest BCUT2D eigenvalue weighted by atomic mass is 32.1. The number of nitrogens with one attached hydrogen (secondary N) is 2. The second-order valence-corrected chi connectivity index (χ2v) is 13.8. The highest BCUT2D eigenvalue weighted by molar-refractivity contribution is 7.71. The van der Waals surface area contributed by atoms with Crippen molar-refractivity contribution in [2.75, 3.05) is 5.32 Å². The SMILES string of the molecule is Cc1ccc(-n2c3c(c(=O)n(-c4ccc(C)cc4)c2=S)C(c2ccc[nH]2)c2c(n(-c4ccc(C)cc4)c(=S)n(-c4ccc(C)cc4)c2=O)N3)cc1. The number of rotatable bonds is 5. The zero-order chi connectivity index (χ0) is 35.6. The second kappa shape index (κ2) is 12.5. The summed E-state index contributed by atoms with van der Waals surface area (Å²) in [6.07, 6.45) is 1.80. The number of nitrogens with zero attached hydrogens (tertiary/aromatic N) is 4. The summed E-state index contributed by atoms with van der Waals surface area (Å²) in [5, 5.41) is 3.59. The van der Waals surface area contributed by atoms with E-state index in [2.05, 4.69) is 10.3 Å². The lowest BCUT2D eigenvalue weighted by atomic mass is 9.87. The molecule has 4 aromatic carbocycles. The fraction of sp³-hybridized carbons (Fsp3) is 0.122. The van der Waals surface area contributed by atoms with Crippen molar-refractivity contribution in [2.24, 2.45) is 0 Å². The quantitative estimate of drug-likeness (QED) is 0.175. The minimum absolute atomic E-state index is 0.279. The molecule has 51 heavy (non-hydrogen) atoms. The molecule has 0 radical (unpaired) electrons. The molecule has 4 heterocycles. The van der Waals surface area contributed by atoms with E-state index in [0.29, 0.717) is 39.8 Å². The first kappa shape index (κ1) is 32.4. The van der Waals surface area contributed by atoms with Crippen LogP contribution in [0.2, 0.25) is 0 Å². The Morgan fingerprint density at radius 1 is 0.490 bits per heavy atom. The first-order chi connectivity index (χ1) is 24.6. The van der Waals surface area contributed by atoms with Gasteiger partial charge >= 0.3 is 0 Å². The van der Waals surface area contributed by atoms with Crippen LogP contribution in [0.4, 0.5) is 11.6 Å². The molecule has 0 unspecified atom stereocenters. The molecule has 0 amide bonds. The molecule has 0 atom stereocenters. The van der Waals surface area contributed by atoms with Gasteiger partial charge in [-0.15, -0.1) is 0 Å². The van der Waals surface area contributed by atoms with Crippen molar-refractivity contribution in [2.45, 2.75) is 33.6 Å². The number of anilines is 2. The van der Waals surface area contributed by atoms with Gasteiger partial charge in [-0.05, 0) is 113 Å². The molecule has 1 aliphatic heterocycles. The van der Waals surface area contributed by atoms with Gasteiger partial charge in [0.1, 0.15) is 11.6 Å². The van der Waals surface area contributed by atoms with Crippen LogP contribution in [0, 0.1) is 37.2 Å². The van der Waals surface area contributed by atoms with Gasteiger partial charge in [0.15, 0.2) is 9.54 Å². The fourth-order valence-corrected chi connectivity index (χ4v) is 7.59. The Labute approximate surface area is 304 Å². The maximum absolute atomic E-state index is 15.1. The lowest BCUT2D eigenvalue weighted by Crippen LogP contribution is -2.39. The summed E-state index contributed by atoms with van der Waals surface area (Å²) in [6, 6.07) is 35.2. The van der Waals surface area contributed by atoms with Crippen LogP contribution in [0.3, 0.4) is 0 Å². The van der Waals surface area contributed by atoms with Gasteiger partial charge in [0.05, 0.1) is 28.4 Å². The monoisotopic (exact) mass is 706 g/mol. The van der Waals surface area contributed by atoms with Crippen LogP contribution >= 0.6 is 24.4 Å². The van der Waals surface area contributed by atoms with Crippen molar-refractivity contribution in [3.8, 4) is 22.7 Å². The standard InChI is InChI=1S/C41H34N6O2S2/c1-24-7-15-28(16-8-24)44-36-34(38(48)46(40(44)50)30-19-11-26(3)12-20-30)33(32-6-5-23-42-32)35-37(43-36)45(29-17-9-25(2)10-18-29)41(51)47(39(35)49)31-21-13-27(4)14-22-31/h5-23,33,42-43H,1-4H3. The Morgan fingerprint density at radius 2 is 0.824 bits per heavy atom. The predicted octanol–water partition coefficient (Wildman–Crippen LogP) is 8.83. The molecule has 0 bridgehead atoms. The lowest BCUT2D eigenvalue weighted by Gasteiger charge is -2.33. The van der Waals surface area contributed by atoms with Crippen molar-refractivity contribution < 1.29 is 0 Å². The number of hydrogen-bond donors (Lipinski definition) is 2. The highest BCUT2D eigenvalue weighted by Crippen LogP contribution is 2.43. The van der Waals surface area contributed by atoms with E-state index in [4.69, 9.17) is 24.4 Å². The average Bonchev–Trinajstić information content (AvgIpc) is 3.66. The van der Waals surface area contributed by atoms with Crippen molar-refractivity contribution in [3.63, 3.8) is 0 Å². The van der Waals surface area contributed by atoms with Crippen LogP contribution in [-0.4, -0.2) is 23.3 Å². The Balaban J connectivity index is 1.56. The highest BCUT2D eigenvalue weighted by Gasteiger charge is 2.39. The van der Waals surface area contributed by atoms with Crippen molar-refractivity contribution in [1.82, 2.24) is 23.3 Å². The molecule has 0 saturated heterocycles. The molecule has 7 aromatic rings. The Kier molecular flexibility index (Phi) is 7.93. The van der Waals surface area contributed by atoms with Gasteiger partial charge in [-0.2, -0.15) is 0 Å². The Hall–Kier alpha value is -5.84. The molecule has 252 valence electrons. The lowest BCUT2D eigenvalue weighted by molar-refractivity contribution is 0.739. The van der Waals surface area contributed by atoms with Crippen LogP contribution in [-0.2, 0) is 0 Å². The summed E-state index contributed by atoms with van der Waals surface area (Å²) in [6.45, 7) is 8.04. The topological polar surface area (TPSA) is 81.7 Å². The average molecular weight is 707 g/mol. The van der Waals surface area contributed by atoms with Gasteiger partial charge in [0.25, 0.3) is 11.1 Å². The van der Waals surface area contributed by atoms with Gasteiger partial charge < -0.3 is 10.3 Å². The maximum atomic E-state index is 15.1. The minimum Gasteiger partial charge on any atom is -0.364 e. The first-order valence-electron chi connectivity index (χ1n) is 16.6. The molecule has 2 N–H and O–H groups in total. The van der Waals surface area contributed by atoms with E-state index in [0.717, 1.165) is 33.6 Å². The molecule has 0 aliphatic carbocycles. The predicted molar refractivity (Wildman–Crippen MR) is 208 cm³/mol. The molecule has 1 aliphatic rings. The zero-order valence-electron chi connectivity index (χ0n) is 28.5. The third kappa shape index (κ3) is 5.35. The summed E-state index contributed by atoms with van der Waals surface area (Å²) in [5.41, 5.74) is 7.82. The fourth-order valence-electron chi connectivity index (χ4n) is 6.82. The summed E-state index contributed by atoms with van der Waals surface area (Å²) in [4.78, 5) is 33.6. The molecule has 8 nitrogen and oxygen atoms in total. The number of aromatic amines is 1. The summed E-state index contributed by atoms with van der Waals surface area (Å²) in [5.74, 6) is 0.110. The van der Waals surface area contributed by atoms with E-state index < -0.39 is 5.92 Å². The number of H-pyrrole nitrogens is 1. The summed E-state index contributed by atoms with van der Waals surface area (Å²) in [7, 11) is 0. The summed E-state index contributed by atoms with van der Waals surface area (Å²) >= 11 is 12.4. The van der Waals surface area contributed by atoms with Crippen molar-refractivity contribution in [3.05, 3.63) is 185 Å². The molecule has 10 heteroatoms. The molecule has 8 rings (SSSR count). The first-order valence-corrected chi connectivity index (χ1v) is 17.5. The van der Waals surface area contributed by atoms with E-state index in [1.165, 1.54) is 0 Å². The normalized spacial score (nSPS) is 12.3. The van der Waals surface area contributed by atoms with Gasteiger partial charge in [0, 0.05) is 23.3 Å². The van der Waals surface area contributed by atoms with Gasteiger partial charge in [0.2, 0.25) is 0 Å². The van der Waals surface area contributed by atoms with Crippen molar-refractivity contribution >= 4 is 36.1 Å². The third-order valence-corrected chi connectivity index (χ3v) is 10.2. The van der Waals surface area contributed by atoms with E-state index in [1.807, 2.05) is 146 Å². The van der Waals surface area contributed by atoms with E-state index in [-0.39, 0.29) is 20.7 Å². The largest absolute Gasteiger partial charge is 0.364 e. The molecule has 3 aromatic heterocycles. The van der Waals surface area contributed by atoms with Gasteiger partial charge in [-0.25, -0.2) is 0 Å². The Bertz CT molecular complexity index is 2530. The Morgan fingerprint density at radius 3 is 1.14 bits per heavy atom. The van der Waals surface area contributed by atoms with Gasteiger partial charge in [-0.3, -0.25) is 27.9 Å². The zero-order valence-corrected chi connectivity index (χ0v) is 30.1. The van der Waals surface area contributed by atoms with Crippen LogP contribution in [0.1, 0.15) is 45.0 Å².